The fraction of sp³-hybridized carbons (Fsp3) is 0.538. The lowest BCUT2D eigenvalue weighted by Crippen LogP contribution is -2.51. The van der Waals surface area contributed by atoms with Crippen LogP contribution < -0.4 is 5.73 Å². The summed E-state index contributed by atoms with van der Waals surface area (Å²) >= 11 is 5.61. The molecule has 0 spiro atoms. The highest BCUT2D eigenvalue weighted by Gasteiger charge is 2.25. The molecule has 4 heteroatoms. The van der Waals surface area contributed by atoms with Crippen LogP contribution in [-0.4, -0.2) is 42.1 Å². The normalized spacial score (nSPS) is 23.6. The predicted octanol–water partition coefficient (Wildman–Crippen LogP) is 2.37. The zero-order chi connectivity index (χ0) is 12.3. The summed E-state index contributed by atoms with van der Waals surface area (Å²) in [4.78, 5) is 2.40. The zero-order valence-electron chi connectivity index (χ0n) is 10.1. The van der Waals surface area contributed by atoms with Gasteiger partial charge in [0, 0.05) is 34.6 Å². The zero-order valence-corrected chi connectivity index (χ0v) is 12.5. The maximum atomic E-state index is 6.36. The minimum absolute atomic E-state index is 0.214. The van der Waals surface area contributed by atoms with Gasteiger partial charge < -0.3 is 10.6 Å². The van der Waals surface area contributed by atoms with Gasteiger partial charge in [0.15, 0.2) is 0 Å². The Hall–Kier alpha value is -0.0300. The smallest absolute Gasteiger partial charge is 0.0338 e. The molecule has 0 radical (unpaired) electrons. The van der Waals surface area contributed by atoms with Crippen LogP contribution in [0.4, 0.5) is 0 Å². The second-order valence-electron chi connectivity index (χ2n) is 4.58. The third-order valence-corrected chi connectivity index (χ3v) is 5.17. The van der Waals surface area contributed by atoms with Crippen LogP contribution in [0.5, 0.6) is 0 Å². The number of hydrogen-bond donors (Lipinski definition) is 1. The first-order chi connectivity index (χ1) is 8.18. The van der Waals surface area contributed by atoms with Gasteiger partial charge in [-0.2, -0.15) is 11.8 Å². The number of hydrogen-bond acceptors (Lipinski definition) is 3. The lowest BCUT2D eigenvalue weighted by molar-refractivity contribution is 0.235. The first kappa shape index (κ1) is 13.4. The summed E-state index contributed by atoms with van der Waals surface area (Å²) in [5.41, 5.74) is 7.67. The number of nitrogens with zero attached hydrogens (tertiary/aromatic N) is 1. The summed E-state index contributed by atoms with van der Waals surface area (Å²) < 4.78 is 1.17. The molecule has 0 amide bonds. The minimum Gasteiger partial charge on any atom is -0.326 e. The Morgan fingerprint density at radius 3 is 3.00 bits per heavy atom. The van der Waals surface area contributed by atoms with E-state index in [0.717, 1.165) is 18.7 Å². The van der Waals surface area contributed by atoms with Crippen LogP contribution in [0.1, 0.15) is 5.56 Å². The van der Waals surface area contributed by atoms with Gasteiger partial charge >= 0.3 is 0 Å². The Kier molecular flexibility index (Phi) is 4.91. The van der Waals surface area contributed by atoms with Gasteiger partial charge in [-0.25, -0.2) is 0 Å². The highest BCUT2D eigenvalue weighted by molar-refractivity contribution is 9.10. The molecular formula is C13H19BrN2S. The Labute approximate surface area is 116 Å². The fourth-order valence-electron chi connectivity index (χ4n) is 2.21. The average molecular weight is 315 g/mol. The topological polar surface area (TPSA) is 29.3 Å². The van der Waals surface area contributed by atoms with E-state index < -0.39 is 0 Å². The molecule has 2 N–H and O–H groups in total. The largest absolute Gasteiger partial charge is 0.326 e. The number of benzene rings is 1. The number of thioether (sulfide) groups is 1. The molecule has 1 fully saturated rings. The molecule has 1 heterocycles. The van der Waals surface area contributed by atoms with Gasteiger partial charge in [0.1, 0.15) is 0 Å². The van der Waals surface area contributed by atoms with E-state index in [9.17, 15) is 0 Å². The van der Waals surface area contributed by atoms with Crippen LogP contribution in [-0.2, 0) is 6.42 Å². The van der Waals surface area contributed by atoms with Crippen LogP contribution in [0.3, 0.4) is 0 Å². The van der Waals surface area contributed by atoms with Crippen molar-refractivity contribution in [1.82, 2.24) is 4.90 Å². The maximum absolute atomic E-state index is 6.36. The van der Waals surface area contributed by atoms with E-state index in [0.29, 0.717) is 6.04 Å². The molecule has 2 unspecified atom stereocenters. The van der Waals surface area contributed by atoms with E-state index >= 15 is 0 Å². The summed E-state index contributed by atoms with van der Waals surface area (Å²) in [5.74, 6) is 2.39. The molecule has 0 aromatic heterocycles. The van der Waals surface area contributed by atoms with E-state index in [2.05, 4.69) is 46.1 Å². The second kappa shape index (κ2) is 6.23. The number of nitrogens with two attached hydrogens (primary N) is 1. The van der Waals surface area contributed by atoms with Gasteiger partial charge in [-0.05, 0) is 25.1 Å². The van der Waals surface area contributed by atoms with E-state index in [1.165, 1.54) is 15.8 Å². The van der Waals surface area contributed by atoms with Crippen LogP contribution in [0.15, 0.2) is 28.7 Å². The third-order valence-electron chi connectivity index (χ3n) is 3.35. The van der Waals surface area contributed by atoms with Crippen molar-refractivity contribution in [2.45, 2.75) is 18.5 Å². The van der Waals surface area contributed by atoms with Gasteiger partial charge in [-0.3, -0.25) is 0 Å². The number of rotatable bonds is 3. The highest BCUT2D eigenvalue weighted by atomic mass is 79.9. The number of halogens is 1. The molecular weight excluding hydrogens is 296 g/mol. The minimum atomic E-state index is 0.214. The first-order valence-corrected chi connectivity index (χ1v) is 7.90. The monoisotopic (exact) mass is 314 g/mol. The van der Waals surface area contributed by atoms with Crippen molar-refractivity contribution in [3.63, 3.8) is 0 Å². The lowest BCUT2D eigenvalue weighted by Gasteiger charge is -2.36. The molecule has 94 valence electrons. The van der Waals surface area contributed by atoms with E-state index in [-0.39, 0.29) is 6.04 Å². The summed E-state index contributed by atoms with van der Waals surface area (Å²) in [5, 5.41) is 0. The molecule has 1 aliphatic heterocycles. The third kappa shape index (κ3) is 3.47. The molecule has 1 aromatic carbocycles. The second-order valence-corrected chi connectivity index (χ2v) is 6.59. The molecule has 1 aliphatic rings. The van der Waals surface area contributed by atoms with Crippen LogP contribution in [0, 0.1) is 0 Å². The van der Waals surface area contributed by atoms with Crippen molar-refractivity contribution in [2.75, 3.05) is 25.1 Å². The van der Waals surface area contributed by atoms with Crippen molar-refractivity contribution in [2.24, 2.45) is 5.73 Å². The summed E-state index contributed by atoms with van der Waals surface area (Å²) in [6, 6.07) is 9.07. The van der Waals surface area contributed by atoms with E-state index in [1.54, 1.807) is 0 Å². The van der Waals surface area contributed by atoms with Gasteiger partial charge in [-0.15, -0.1) is 0 Å². The van der Waals surface area contributed by atoms with E-state index in [1.807, 2.05) is 17.8 Å². The standard InChI is InChI=1S/C13H19BrN2S/c1-16-6-7-17-9-13(16)12(15)8-10-4-2-3-5-11(10)14/h2-5,12-13H,6-9,15H2,1H3. The molecule has 1 aromatic rings. The van der Waals surface area contributed by atoms with Crippen LogP contribution in [0.25, 0.3) is 0 Å². The fourth-order valence-corrected chi connectivity index (χ4v) is 3.98. The molecule has 2 rings (SSSR count). The highest BCUT2D eigenvalue weighted by Crippen LogP contribution is 2.22. The SMILES string of the molecule is CN1CCSCC1C(N)Cc1ccccc1Br. The molecule has 1 saturated heterocycles. The average Bonchev–Trinajstić information content (AvgIpc) is 2.32. The van der Waals surface area contributed by atoms with Gasteiger partial charge in [-0.1, -0.05) is 34.1 Å². The van der Waals surface area contributed by atoms with Crippen molar-refractivity contribution >= 4 is 27.7 Å². The lowest BCUT2D eigenvalue weighted by atomic mass is 10.0. The Morgan fingerprint density at radius 1 is 1.53 bits per heavy atom. The molecule has 2 nitrogen and oxygen atoms in total. The van der Waals surface area contributed by atoms with Gasteiger partial charge in [0.25, 0.3) is 0 Å². The van der Waals surface area contributed by atoms with Crippen molar-refractivity contribution in [3.05, 3.63) is 34.3 Å². The van der Waals surface area contributed by atoms with Crippen LogP contribution >= 0.6 is 27.7 Å². The maximum Gasteiger partial charge on any atom is 0.0338 e. The Bertz CT molecular complexity index is 372. The van der Waals surface area contributed by atoms with Crippen molar-refractivity contribution in [1.29, 1.82) is 0 Å². The summed E-state index contributed by atoms with van der Waals surface area (Å²) in [6.45, 7) is 1.15. The Balaban J connectivity index is 2.01. The molecule has 0 saturated carbocycles. The van der Waals surface area contributed by atoms with Crippen LogP contribution in [0.2, 0.25) is 0 Å². The molecule has 0 aliphatic carbocycles. The molecule has 0 bridgehead atoms. The van der Waals surface area contributed by atoms with Crippen molar-refractivity contribution < 1.29 is 0 Å². The summed E-state index contributed by atoms with van der Waals surface area (Å²) in [7, 11) is 2.18. The quantitative estimate of drug-likeness (QED) is 0.928. The van der Waals surface area contributed by atoms with Gasteiger partial charge in [0.2, 0.25) is 0 Å². The predicted molar refractivity (Wildman–Crippen MR) is 79.6 cm³/mol. The molecule has 17 heavy (non-hydrogen) atoms. The van der Waals surface area contributed by atoms with E-state index in [4.69, 9.17) is 5.73 Å². The van der Waals surface area contributed by atoms with Gasteiger partial charge in [0.05, 0.1) is 0 Å². The van der Waals surface area contributed by atoms with Crippen molar-refractivity contribution in [3.8, 4) is 0 Å². The number of likely N-dealkylation sites (N-methyl/N-ethyl adjacent to an activating group) is 1. The Morgan fingerprint density at radius 2 is 2.29 bits per heavy atom. The first-order valence-electron chi connectivity index (χ1n) is 5.95. The summed E-state index contributed by atoms with van der Waals surface area (Å²) in [6.07, 6.45) is 0.941. The molecule has 2 atom stereocenters.